The number of nitrogens with one attached hydrogen (secondary N) is 1. The molecule has 1 aromatic rings. The van der Waals surface area contributed by atoms with Crippen molar-refractivity contribution in [2.24, 2.45) is 0 Å². The zero-order valence-electron chi connectivity index (χ0n) is 11.5. The third-order valence-electron chi connectivity index (χ3n) is 3.43. The Labute approximate surface area is 113 Å². The van der Waals surface area contributed by atoms with Gasteiger partial charge in [-0.2, -0.15) is 0 Å². The highest BCUT2D eigenvalue weighted by Gasteiger charge is 2.25. The fourth-order valence-corrected chi connectivity index (χ4v) is 2.09. The lowest BCUT2D eigenvalue weighted by Crippen LogP contribution is -2.34. The number of carbonyl (C=O) groups excluding carboxylic acids is 1. The number of methoxy groups -OCH3 is 1. The van der Waals surface area contributed by atoms with E-state index >= 15 is 0 Å². The number of nitrogen functional groups attached to an aromatic ring is 1. The van der Waals surface area contributed by atoms with Gasteiger partial charge < -0.3 is 20.7 Å². The fourth-order valence-electron chi connectivity index (χ4n) is 2.09. The van der Waals surface area contributed by atoms with Gasteiger partial charge in [0, 0.05) is 24.8 Å². The van der Waals surface area contributed by atoms with Crippen LogP contribution in [0.4, 0.5) is 5.69 Å². The molecular weight excluding hydrogens is 242 g/mol. The van der Waals surface area contributed by atoms with Crippen molar-refractivity contribution in [2.75, 3.05) is 33.0 Å². The van der Waals surface area contributed by atoms with E-state index in [0.717, 1.165) is 6.54 Å². The predicted molar refractivity (Wildman–Crippen MR) is 75.4 cm³/mol. The monoisotopic (exact) mass is 263 g/mol. The summed E-state index contributed by atoms with van der Waals surface area (Å²) in [7, 11) is 3.62. The second-order valence-electron chi connectivity index (χ2n) is 4.89. The molecule has 0 unspecified atom stereocenters. The smallest absolute Gasteiger partial charge is 0.257 e. The molecule has 19 heavy (non-hydrogen) atoms. The average molecular weight is 263 g/mol. The summed E-state index contributed by atoms with van der Waals surface area (Å²) in [5.41, 5.74) is 6.69. The molecule has 1 aromatic carbocycles. The SMILES string of the molecule is COc1cccc(N)c1C(=O)NCCN(C)C1CC1. The highest BCUT2D eigenvalue weighted by atomic mass is 16.5. The molecule has 1 amide bonds. The second kappa shape index (κ2) is 5.93. The number of anilines is 1. The molecule has 1 fully saturated rings. The van der Waals surface area contributed by atoms with Gasteiger partial charge in [-0.1, -0.05) is 6.07 Å². The lowest BCUT2D eigenvalue weighted by Gasteiger charge is -2.16. The molecule has 5 heteroatoms. The number of ether oxygens (including phenoxy) is 1. The Morgan fingerprint density at radius 3 is 2.89 bits per heavy atom. The number of hydrogen-bond acceptors (Lipinski definition) is 4. The maximum Gasteiger partial charge on any atom is 0.257 e. The molecular formula is C14H21N3O2. The maximum atomic E-state index is 12.1. The van der Waals surface area contributed by atoms with Crippen LogP contribution in [0.25, 0.3) is 0 Å². The first kappa shape index (κ1) is 13.7. The molecule has 0 atom stereocenters. The number of nitrogens with zero attached hydrogens (tertiary/aromatic N) is 1. The van der Waals surface area contributed by atoms with Crippen molar-refractivity contribution in [3.05, 3.63) is 23.8 Å². The first-order valence-electron chi connectivity index (χ1n) is 6.54. The minimum Gasteiger partial charge on any atom is -0.496 e. The Morgan fingerprint density at radius 1 is 1.53 bits per heavy atom. The summed E-state index contributed by atoms with van der Waals surface area (Å²) in [6.45, 7) is 1.47. The normalized spacial score (nSPS) is 14.5. The van der Waals surface area contributed by atoms with Crippen molar-refractivity contribution in [3.63, 3.8) is 0 Å². The van der Waals surface area contributed by atoms with E-state index in [4.69, 9.17) is 10.5 Å². The summed E-state index contributed by atoms with van der Waals surface area (Å²) in [5, 5.41) is 2.89. The summed E-state index contributed by atoms with van der Waals surface area (Å²) in [6, 6.07) is 5.91. The number of hydrogen-bond donors (Lipinski definition) is 2. The van der Waals surface area contributed by atoms with Crippen LogP contribution in [0.2, 0.25) is 0 Å². The van der Waals surface area contributed by atoms with Gasteiger partial charge >= 0.3 is 0 Å². The van der Waals surface area contributed by atoms with Gasteiger partial charge in [-0.15, -0.1) is 0 Å². The maximum absolute atomic E-state index is 12.1. The van der Waals surface area contributed by atoms with Crippen LogP contribution in [0, 0.1) is 0 Å². The highest BCUT2D eigenvalue weighted by molar-refractivity contribution is 6.01. The number of likely N-dealkylation sites (N-methyl/N-ethyl adjacent to an activating group) is 1. The quantitative estimate of drug-likeness (QED) is 0.754. The molecule has 1 saturated carbocycles. The van der Waals surface area contributed by atoms with E-state index in [2.05, 4.69) is 17.3 Å². The summed E-state index contributed by atoms with van der Waals surface area (Å²) in [4.78, 5) is 14.4. The number of rotatable bonds is 6. The Hall–Kier alpha value is -1.75. The van der Waals surface area contributed by atoms with Gasteiger partial charge in [0.2, 0.25) is 0 Å². The van der Waals surface area contributed by atoms with Gasteiger partial charge in [0.1, 0.15) is 11.3 Å². The summed E-state index contributed by atoms with van der Waals surface area (Å²) in [5.74, 6) is 0.326. The molecule has 3 N–H and O–H groups in total. The van der Waals surface area contributed by atoms with Crippen LogP contribution in [0.5, 0.6) is 5.75 Å². The van der Waals surface area contributed by atoms with E-state index in [1.807, 2.05) is 0 Å². The van der Waals surface area contributed by atoms with E-state index in [1.54, 1.807) is 18.2 Å². The third-order valence-corrected chi connectivity index (χ3v) is 3.43. The van der Waals surface area contributed by atoms with Gasteiger partial charge in [-0.05, 0) is 32.0 Å². The molecule has 1 aliphatic carbocycles. The van der Waals surface area contributed by atoms with E-state index in [9.17, 15) is 4.79 Å². The molecule has 1 aliphatic rings. The number of amides is 1. The molecule has 0 radical (unpaired) electrons. The topological polar surface area (TPSA) is 67.6 Å². The van der Waals surface area contributed by atoms with Crippen LogP contribution in [-0.4, -0.2) is 44.1 Å². The van der Waals surface area contributed by atoms with Crippen LogP contribution in [0.3, 0.4) is 0 Å². The average Bonchev–Trinajstić information content (AvgIpc) is 3.22. The Morgan fingerprint density at radius 2 is 2.26 bits per heavy atom. The van der Waals surface area contributed by atoms with Gasteiger partial charge in [-0.25, -0.2) is 0 Å². The summed E-state index contributed by atoms with van der Waals surface area (Å²) >= 11 is 0. The molecule has 2 rings (SSSR count). The molecule has 0 bridgehead atoms. The Bertz CT molecular complexity index is 458. The fraction of sp³-hybridized carbons (Fsp3) is 0.500. The van der Waals surface area contributed by atoms with Gasteiger partial charge in [0.05, 0.1) is 7.11 Å². The zero-order valence-corrected chi connectivity index (χ0v) is 11.5. The number of benzene rings is 1. The standard InChI is InChI=1S/C14H21N3O2/c1-17(10-6-7-10)9-8-16-14(18)13-11(15)4-3-5-12(13)19-2/h3-5,10H,6-9,15H2,1-2H3,(H,16,18). The molecule has 5 nitrogen and oxygen atoms in total. The zero-order chi connectivity index (χ0) is 13.8. The van der Waals surface area contributed by atoms with Gasteiger partial charge in [-0.3, -0.25) is 4.79 Å². The molecule has 0 heterocycles. The molecule has 0 aliphatic heterocycles. The third kappa shape index (κ3) is 3.38. The predicted octanol–water partition coefficient (Wildman–Crippen LogP) is 1.10. The van der Waals surface area contributed by atoms with Crippen molar-refractivity contribution in [1.82, 2.24) is 10.2 Å². The van der Waals surface area contributed by atoms with Crippen LogP contribution < -0.4 is 15.8 Å². The number of nitrogens with two attached hydrogens (primary N) is 1. The van der Waals surface area contributed by atoms with Gasteiger partial charge in [0.25, 0.3) is 5.91 Å². The molecule has 0 aromatic heterocycles. The highest BCUT2D eigenvalue weighted by Crippen LogP contribution is 2.25. The molecule has 0 saturated heterocycles. The molecule has 0 spiro atoms. The second-order valence-corrected chi connectivity index (χ2v) is 4.89. The minimum atomic E-state index is -0.181. The van der Waals surface area contributed by atoms with Crippen molar-refractivity contribution in [1.29, 1.82) is 0 Å². The lowest BCUT2D eigenvalue weighted by molar-refractivity contribution is 0.0947. The van der Waals surface area contributed by atoms with Crippen molar-refractivity contribution in [3.8, 4) is 5.75 Å². The van der Waals surface area contributed by atoms with Crippen LogP contribution in [0.1, 0.15) is 23.2 Å². The van der Waals surface area contributed by atoms with Crippen LogP contribution in [0.15, 0.2) is 18.2 Å². The van der Waals surface area contributed by atoms with Crippen LogP contribution in [-0.2, 0) is 0 Å². The Balaban J connectivity index is 1.91. The molecule has 104 valence electrons. The first-order valence-corrected chi connectivity index (χ1v) is 6.54. The van der Waals surface area contributed by atoms with E-state index in [-0.39, 0.29) is 5.91 Å². The van der Waals surface area contributed by atoms with Crippen molar-refractivity contribution >= 4 is 11.6 Å². The van der Waals surface area contributed by atoms with Crippen LogP contribution >= 0.6 is 0 Å². The van der Waals surface area contributed by atoms with E-state index in [1.165, 1.54) is 20.0 Å². The van der Waals surface area contributed by atoms with Gasteiger partial charge in [0.15, 0.2) is 0 Å². The van der Waals surface area contributed by atoms with Crippen molar-refractivity contribution < 1.29 is 9.53 Å². The lowest BCUT2D eigenvalue weighted by atomic mass is 10.1. The first-order chi connectivity index (χ1) is 9.13. The minimum absolute atomic E-state index is 0.181. The summed E-state index contributed by atoms with van der Waals surface area (Å²) in [6.07, 6.45) is 2.54. The Kier molecular flexibility index (Phi) is 4.27. The van der Waals surface area contributed by atoms with E-state index in [0.29, 0.717) is 29.6 Å². The number of carbonyl (C=O) groups is 1. The largest absolute Gasteiger partial charge is 0.496 e. The van der Waals surface area contributed by atoms with E-state index < -0.39 is 0 Å². The summed E-state index contributed by atoms with van der Waals surface area (Å²) < 4.78 is 5.17. The van der Waals surface area contributed by atoms with Crippen molar-refractivity contribution in [2.45, 2.75) is 18.9 Å².